The number of anilines is 2. The second-order valence-corrected chi connectivity index (χ2v) is 5.96. The van der Waals surface area contributed by atoms with Gasteiger partial charge in [-0.15, -0.1) is 0 Å². The summed E-state index contributed by atoms with van der Waals surface area (Å²) in [5, 5.41) is 16.8. The standard InChI is InChI=1S/C19H16N4O5/c1-11(24)20-13-4-7-17-16(9-13)18(21-12(2)25)10-14(22-17)3-5-15-6-8-19(28-15)23(26)27/h3-10H,1-2H3,(H,20,24)(H,21,22,25)/b5-3+. The van der Waals surface area contributed by atoms with E-state index in [-0.39, 0.29) is 17.7 Å². The van der Waals surface area contributed by atoms with Gasteiger partial charge in [0.15, 0.2) is 0 Å². The number of nitrogens with zero attached hydrogens (tertiary/aromatic N) is 2. The van der Waals surface area contributed by atoms with Crippen LogP contribution in [0.3, 0.4) is 0 Å². The summed E-state index contributed by atoms with van der Waals surface area (Å²) in [4.78, 5) is 37.4. The zero-order valence-corrected chi connectivity index (χ0v) is 15.1. The third kappa shape index (κ3) is 4.39. The Morgan fingerprint density at radius 1 is 1.07 bits per heavy atom. The normalized spacial score (nSPS) is 10.9. The van der Waals surface area contributed by atoms with E-state index in [4.69, 9.17) is 4.42 Å². The molecular weight excluding hydrogens is 364 g/mol. The van der Waals surface area contributed by atoms with Crippen LogP contribution in [-0.2, 0) is 9.59 Å². The molecule has 3 aromatic rings. The van der Waals surface area contributed by atoms with Crippen molar-refractivity contribution in [2.24, 2.45) is 0 Å². The minimum Gasteiger partial charge on any atom is -0.401 e. The van der Waals surface area contributed by atoms with Gasteiger partial charge in [-0.2, -0.15) is 0 Å². The quantitative estimate of drug-likeness (QED) is 0.511. The molecule has 0 saturated carbocycles. The zero-order chi connectivity index (χ0) is 20.3. The number of amides is 2. The molecule has 0 aliphatic carbocycles. The molecule has 0 saturated heterocycles. The maximum atomic E-state index is 11.6. The lowest BCUT2D eigenvalue weighted by Gasteiger charge is -2.10. The molecule has 142 valence electrons. The summed E-state index contributed by atoms with van der Waals surface area (Å²) in [7, 11) is 0. The molecule has 3 rings (SSSR count). The number of carbonyl (C=O) groups is 2. The van der Waals surface area contributed by atoms with Gasteiger partial charge in [-0.25, -0.2) is 4.98 Å². The number of aromatic nitrogens is 1. The van der Waals surface area contributed by atoms with E-state index in [1.54, 1.807) is 36.4 Å². The third-order valence-electron chi connectivity index (χ3n) is 3.67. The van der Waals surface area contributed by atoms with E-state index < -0.39 is 4.92 Å². The third-order valence-corrected chi connectivity index (χ3v) is 3.67. The minimum atomic E-state index is -0.618. The predicted molar refractivity (Wildman–Crippen MR) is 105 cm³/mol. The predicted octanol–water partition coefficient (Wildman–Crippen LogP) is 3.82. The average molecular weight is 380 g/mol. The van der Waals surface area contributed by atoms with Crippen LogP contribution in [0, 0.1) is 10.1 Å². The maximum Gasteiger partial charge on any atom is 0.433 e. The van der Waals surface area contributed by atoms with E-state index >= 15 is 0 Å². The SMILES string of the molecule is CC(=O)Nc1ccc2nc(/C=C/c3ccc([N+](=O)[O-])o3)cc(NC(C)=O)c2c1. The first-order valence-electron chi connectivity index (χ1n) is 8.24. The van der Waals surface area contributed by atoms with Crippen LogP contribution in [0.2, 0.25) is 0 Å². The van der Waals surface area contributed by atoms with E-state index in [1.165, 1.54) is 26.0 Å². The number of benzene rings is 1. The van der Waals surface area contributed by atoms with Crippen molar-refractivity contribution in [3.63, 3.8) is 0 Å². The van der Waals surface area contributed by atoms with Gasteiger partial charge in [0.1, 0.15) is 10.7 Å². The fraction of sp³-hybridized carbons (Fsp3) is 0.105. The molecule has 0 spiro atoms. The molecule has 2 N–H and O–H groups in total. The van der Waals surface area contributed by atoms with Crippen molar-refractivity contribution < 1.29 is 18.9 Å². The van der Waals surface area contributed by atoms with Crippen molar-refractivity contribution in [3.8, 4) is 0 Å². The highest BCUT2D eigenvalue weighted by atomic mass is 16.6. The van der Waals surface area contributed by atoms with Crippen LogP contribution in [0.4, 0.5) is 17.3 Å². The van der Waals surface area contributed by atoms with E-state index in [9.17, 15) is 19.7 Å². The Morgan fingerprint density at radius 3 is 2.46 bits per heavy atom. The molecule has 0 aliphatic rings. The summed E-state index contributed by atoms with van der Waals surface area (Å²) in [5.74, 6) is -0.513. The van der Waals surface area contributed by atoms with Crippen molar-refractivity contribution in [1.82, 2.24) is 4.98 Å². The molecular formula is C19H16N4O5. The Hall–Kier alpha value is -4.01. The van der Waals surface area contributed by atoms with Gasteiger partial charge in [0, 0.05) is 24.9 Å². The first-order chi connectivity index (χ1) is 13.3. The molecule has 0 fully saturated rings. The Morgan fingerprint density at radius 2 is 1.82 bits per heavy atom. The molecule has 28 heavy (non-hydrogen) atoms. The topological polar surface area (TPSA) is 127 Å². The number of nitro groups is 1. The Balaban J connectivity index is 2.00. The molecule has 0 aliphatic heterocycles. The minimum absolute atomic E-state index is 0.208. The molecule has 0 radical (unpaired) electrons. The Labute approximate surface area is 159 Å². The summed E-state index contributed by atoms with van der Waals surface area (Å²) in [6.07, 6.45) is 3.17. The van der Waals surface area contributed by atoms with Gasteiger partial charge < -0.3 is 15.1 Å². The second-order valence-electron chi connectivity index (χ2n) is 5.96. The summed E-state index contributed by atoms with van der Waals surface area (Å²) in [5.41, 5.74) is 2.22. The van der Waals surface area contributed by atoms with Crippen molar-refractivity contribution in [1.29, 1.82) is 0 Å². The highest BCUT2D eigenvalue weighted by molar-refractivity contribution is 6.03. The number of rotatable bonds is 5. The largest absolute Gasteiger partial charge is 0.433 e. The first-order valence-corrected chi connectivity index (χ1v) is 8.24. The molecule has 0 bridgehead atoms. The van der Waals surface area contributed by atoms with E-state index in [0.29, 0.717) is 33.7 Å². The number of hydrogen-bond acceptors (Lipinski definition) is 6. The highest BCUT2D eigenvalue weighted by Gasteiger charge is 2.11. The molecule has 2 heterocycles. The van der Waals surface area contributed by atoms with Gasteiger partial charge in [0.05, 0.1) is 23.0 Å². The van der Waals surface area contributed by atoms with Crippen molar-refractivity contribution in [2.45, 2.75) is 13.8 Å². The summed E-state index contributed by atoms with van der Waals surface area (Å²) < 4.78 is 5.08. The monoisotopic (exact) mass is 380 g/mol. The maximum absolute atomic E-state index is 11.6. The number of carbonyl (C=O) groups excluding carboxylic acids is 2. The second kappa shape index (κ2) is 7.70. The van der Waals surface area contributed by atoms with Crippen molar-refractivity contribution >= 4 is 52.1 Å². The Bertz CT molecular complexity index is 1120. The number of fused-ring (bicyclic) bond motifs is 1. The van der Waals surface area contributed by atoms with Crippen LogP contribution in [0.5, 0.6) is 0 Å². The smallest absolute Gasteiger partial charge is 0.401 e. The van der Waals surface area contributed by atoms with E-state index in [0.717, 1.165) is 0 Å². The highest BCUT2D eigenvalue weighted by Crippen LogP contribution is 2.27. The fourth-order valence-electron chi connectivity index (χ4n) is 2.60. The number of pyridine rings is 1. The van der Waals surface area contributed by atoms with Crippen LogP contribution in [-0.4, -0.2) is 21.7 Å². The molecule has 9 nitrogen and oxygen atoms in total. The van der Waals surface area contributed by atoms with Crippen LogP contribution in [0.15, 0.2) is 40.8 Å². The molecule has 0 unspecified atom stereocenters. The zero-order valence-electron chi connectivity index (χ0n) is 15.1. The summed E-state index contributed by atoms with van der Waals surface area (Å²) >= 11 is 0. The summed E-state index contributed by atoms with van der Waals surface area (Å²) in [6, 6.07) is 9.55. The van der Waals surface area contributed by atoms with Gasteiger partial charge in [0.2, 0.25) is 11.8 Å². The molecule has 0 atom stereocenters. The number of furan rings is 1. The van der Waals surface area contributed by atoms with Crippen LogP contribution in [0.1, 0.15) is 25.3 Å². The van der Waals surface area contributed by atoms with Gasteiger partial charge >= 0.3 is 5.88 Å². The lowest BCUT2D eigenvalue weighted by atomic mass is 10.1. The Kier molecular flexibility index (Phi) is 5.16. The number of nitrogens with one attached hydrogen (secondary N) is 2. The summed E-state index contributed by atoms with van der Waals surface area (Å²) in [6.45, 7) is 2.80. The van der Waals surface area contributed by atoms with E-state index in [1.807, 2.05) is 0 Å². The lowest BCUT2D eigenvalue weighted by Crippen LogP contribution is -2.08. The lowest BCUT2D eigenvalue weighted by molar-refractivity contribution is -0.402. The molecule has 9 heteroatoms. The first kappa shape index (κ1) is 18.8. The average Bonchev–Trinajstić information content (AvgIpc) is 3.09. The van der Waals surface area contributed by atoms with Gasteiger partial charge in [0.25, 0.3) is 0 Å². The van der Waals surface area contributed by atoms with Crippen LogP contribution >= 0.6 is 0 Å². The molecule has 2 amide bonds. The van der Waals surface area contributed by atoms with Gasteiger partial charge in [-0.05, 0) is 42.5 Å². The molecule has 1 aromatic carbocycles. The number of hydrogen-bond donors (Lipinski definition) is 2. The fourth-order valence-corrected chi connectivity index (χ4v) is 2.60. The van der Waals surface area contributed by atoms with Gasteiger partial charge in [-0.3, -0.25) is 19.7 Å². The van der Waals surface area contributed by atoms with Crippen LogP contribution in [0.25, 0.3) is 23.1 Å². The van der Waals surface area contributed by atoms with Crippen molar-refractivity contribution in [2.75, 3.05) is 10.6 Å². The molecule has 2 aromatic heterocycles. The van der Waals surface area contributed by atoms with Crippen molar-refractivity contribution in [3.05, 3.63) is 58.0 Å². The van der Waals surface area contributed by atoms with E-state index in [2.05, 4.69) is 15.6 Å². The van der Waals surface area contributed by atoms with Crippen LogP contribution < -0.4 is 10.6 Å². The van der Waals surface area contributed by atoms with Gasteiger partial charge in [-0.1, -0.05) is 0 Å².